The number of Topliss-reactive ketones (excluding diaryl/α,β-unsaturated/α-hetero) is 1. The fourth-order valence-electron chi connectivity index (χ4n) is 5.49. The summed E-state index contributed by atoms with van der Waals surface area (Å²) in [5.41, 5.74) is 14.4. The average Bonchev–Trinajstić information content (AvgIpc) is 2.90. The van der Waals surface area contributed by atoms with Gasteiger partial charge in [0.25, 0.3) is 0 Å². The molecule has 1 aliphatic carbocycles. The first kappa shape index (κ1) is 25.3. The van der Waals surface area contributed by atoms with E-state index in [1.807, 2.05) is 62.1 Å². The standard InChI is InChI=1S/C32H30FN3O2/c1-19-7-11-24(12-8-19)36-28-5-4-6-29(37)31(28)30(27(17-34)32(36)35)26-16-20(2)15-22(21(26)3)18-38-25-13-9-23(33)10-14-25/h7-16,30H,4-6,18,35H2,1-3H3. The molecule has 0 saturated carbocycles. The van der Waals surface area contributed by atoms with Gasteiger partial charge in [-0.25, -0.2) is 4.39 Å². The maximum atomic E-state index is 13.5. The first-order valence-corrected chi connectivity index (χ1v) is 12.8. The number of anilines is 1. The third-order valence-corrected chi connectivity index (χ3v) is 7.42. The molecular weight excluding hydrogens is 477 g/mol. The summed E-state index contributed by atoms with van der Waals surface area (Å²) in [6.07, 6.45) is 1.89. The fourth-order valence-corrected chi connectivity index (χ4v) is 5.49. The number of halogens is 1. The van der Waals surface area contributed by atoms with Crippen molar-refractivity contribution in [1.82, 2.24) is 0 Å². The van der Waals surface area contributed by atoms with E-state index in [9.17, 15) is 14.4 Å². The minimum Gasteiger partial charge on any atom is -0.489 e. The predicted molar refractivity (Wildman–Crippen MR) is 146 cm³/mol. The van der Waals surface area contributed by atoms with E-state index < -0.39 is 5.92 Å². The maximum Gasteiger partial charge on any atom is 0.161 e. The molecule has 0 spiro atoms. The molecule has 1 unspecified atom stereocenters. The molecule has 5 rings (SSSR count). The monoisotopic (exact) mass is 507 g/mol. The molecule has 2 aliphatic rings. The number of hydrogen-bond acceptors (Lipinski definition) is 5. The van der Waals surface area contributed by atoms with Crippen molar-refractivity contribution in [3.8, 4) is 11.8 Å². The van der Waals surface area contributed by atoms with E-state index in [1.165, 1.54) is 12.1 Å². The average molecular weight is 508 g/mol. The Bertz CT molecular complexity index is 1510. The van der Waals surface area contributed by atoms with Gasteiger partial charge in [0.15, 0.2) is 5.78 Å². The van der Waals surface area contributed by atoms with Crippen LogP contribution < -0.4 is 15.4 Å². The number of hydrogen-bond donors (Lipinski definition) is 1. The Labute approximate surface area is 222 Å². The van der Waals surface area contributed by atoms with Gasteiger partial charge >= 0.3 is 0 Å². The van der Waals surface area contributed by atoms with Gasteiger partial charge in [0.05, 0.1) is 17.6 Å². The largest absolute Gasteiger partial charge is 0.489 e. The van der Waals surface area contributed by atoms with Gasteiger partial charge in [-0.05, 0) is 86.7 Å². The zero-order valence-electron chi connectivity index (χ0n) is 21.8. The van der Waals surface area contributed by atoms with Crippen LogP contribution in [0, 0.1) is 37.9 Å². The molecule has 1 atom stereocenters. The van der Waals surface area contributed by atoms with E-state index in [1.54, 1.807) is 12.1 Å². The number of aryl methyl sites for hydroxylation is 2. The number of benzene rings is 3. The summed E-state index contributed by atoms with van der Waals surface area (Å²) in [7, 11) is 0. The zero-order chi connectivity index (χ0) is 27.0. The molecule has 5 nitrogen and oxygen atoms in total. The second kappa shape index (κ2) is 10.2. The first-order chi connectivity index (χ1) is 18.3. The Kier molecular flexibility index (Phi) is 6.77. The number of rotatable bonds is 5. The molecule has 38 heavy (non-hydrogen) atoms. The van der Waals surface area contributed by atoms with E-state index in [2.05, 4.69) is 6.07 Å². The molecule has 0 fully saturated rings. The van der Waals surface area contributed by atoms with Gasteiger partial charge in [0.1, 0.15) is 24.0 Å². The molecule has 0 saturated heterocycles. The molecule has 3 aromatic rings. The minimum absolute atomic E-state index is 0.0543. The van der Waals surface area contributed by atoms with Crippen LogP contribution in [-0.2, 0) is 11.4 Å². The van der Waals surface area contributed by atoms with Gasteiger partial charge in [-0.2, -0.15) is 5.26 Å². The summed E-state index contributed by atoms with van der Waals surface area (Å²) < 4.78 is 19.3. The summed E-state index contributed by atoms with van der Waals surface area (Å²) >= 11 is 0. The molecule has 0 amide bonds. The summed E-state index contributed by atoms with van der Waals surface area (Å²) in [5, 5.41) is 10.4. The molecule has 192 valence electrons. The molecule has 0 bridgehead atoms. The Balaban J connectivity index is 1.62. The van der Waals surface area contributed by atoms with E-state index >= 15 is 0 Å². The number of carbonyl (C=O) groups excluding carboxylic acids is 1. The Morgan fingerprint density at radius 2 is 1.74 bits per heavy atom. The Morgan fingerprint density at radius 1 is 1.03 bits per heavy atom. The molecular formula is C32H30FN3O2. The Morgan fingerprint density at radius 3 is 2.42 bits per heavy atom. The third-order valence-electron chi connectivity index (χ3n) is 7.42. The molecule has 1 aliphatic heterocycles. The molecule has 0 radical (unpaired) electrons. The van der Waals surface area contributed by atoms with Crippen LogP contribution in [0.25, 0.3) is 0 Å². The van der Waals surface area contributed by atoms with Gasteiger partial charge in [-0.3, -0.25) is 9.69 Å². The zero-order valence-corrected chi connectivity index (χ0v) is 21.8. The summed E-state index contributed by atoms with van der Waals surface area (Å²) in [6.45, 7) is 6.27. The van der Waals surface area contributed by atoms with Crippen LogP contribution in [0.3, 0.4) is 0 Å². The highest BCUT2D eigenvalue weighted by Gasteiger charge is 2.41. The Hall–Kier alpha value is -4.37. The van der Waals surface area contributed by atoms with Gasteiger partial charge < -0.3 is 10.5 Å². The third kappa shape index (κ3) is 4.56. The number of ketones is 1. The first-order valence-electron chi connectivity index (χ1n) is 12.8. The summed E-state index contributed by atoms with van der Waals surface area (Å²) in [5.74, 6) is 0.111. The van der Waals surface area contributed by atoms with Crippen molar-refractivity contribution in [2.75, 3.05) is 4.90 Å². The van der Waals surface area contributed by atoms with Crippen LogP contribution in [0.4, 0.5) is 10.1 Å². The van der Waals surface area contributed by atoms with Crippen LogP contribution in [0.5, 0.6) is 5.75 Å². The quantitative estimate of drug-likeness (QED) is 0.419. The second-order valence-electron chi connectivity index (χ2n) is 10.0. The van der Waals surface area contributed by atoms with Crippen molar-refractivity contribution in [2.45, 2.75) is 52.6 Å². The van der Waals surface area contributed by atoms with Gasteiger partial charge in [0.2, 0.25) is 0 Å². The lowest BCUT2D eigenvalue weighted by Crippen LogP contribution is -2.39. The number of carbonyl (C=O) groups is 1. The lowest BCUT2D eigenvalue weighted by Gasteiger charge is -2.40. The molecule has 2 N–H and O–H groups in total. The lowest BCUT2D eigenvalue weighted by molar-refractivity contribution is -0.116. The number of nitrogens with two attached hydrogens (primary N) is 1. The summed E-state index contributed by atoms with van der Waals surface area (Å²) in [4.78, 5) is 15.4. The molecule has 0 aromatic heterocycles. The number of ether oxygens (including phenoxy) is 1. The van der Waals surface area contributed by atoms with Crippen LogP contribution >= 0.6 is 0 Å². The topological polar surface area (TPSA) is 79.3 Å². The lowest BCUT2D eigenvalue weighted by atomic mass is 9.73. The summed E-state index contributed by atoms with van der Waals surface area (Å²) in [6, 6.07) is 20.3. The highest BCUT2D eigenvalue weighted by atomic mass is 19.1. The fraction of sp³-hybridized carbons (Fsp3) is 0.250. The highest BCUT2D eigenvalue weighted by Crippen LogP contribution is 2.47. The highest BCUT2D eigenvalue weighted by molar-refractivity contribution is 6.01. The molecule has 1 heterocycles. The van der Waals surface area contributed by atoms with E-state index in [0.717, 1.165) is 45.6 Å². The van der Waals surface area contributed by atoms with Gasteiger partial charge in [-0.15, -0.1) is 0 Å². The normalized spacial score (nSPS) is 17.4. The van der Waals surface area contributed by atoms with Crippen molar-refractivity contribution in [2.24, 2.45) is 5.73 Å². The van der Waals surface area contributed by atoms with E-state index in [4.69, 9.17) is 10.5 Å². The van der Waals surface area contributed by atoms with Gasteiger partial charge in [0, 0.05) is 23.4 Å². The van der Waals surface area contributed by atoms with Crippen LogP contribution in [-0.4, -0.2) is 5.78 Å². The predicted octanol–water partition coefficient (Wildman–Crippen LogP) is 6.63. The smallest absolute Gasteiger partial charge is 0.161 e. The number of nitrogens with zero attached hydrogens (tertiary/aromatic N) is 2. The van der Waals surface area contributed by atoms with Crippen molar-refractivity contribution < 1.29 is 13.9 Å². The van der Waals surface area contributed by atoms with Crippen molar-refractivity contribution >= 4 is 11.5 Å². The van der Waals surface area contributed by atoms with Crippen molar-refractivity contribution in [3.63, 3.8) is 0 Å². The molecule has 3 aromatic carbocycles. The van der Waals surface area contributed by atoms with Crippen LogP contribution in [0.2, 0.25) is 0 Å². The maximum absolute atomic E-state index is 13.5. The number of allylic oxidation sites excluding steroid dienone is 3. The number of nitriles is 1. The SMILES string of the molecule is Cc1ccc(N2C(N)=C(C#N)C(c3cc(C)cc(COc4ccc(F)cc4)c3C)C3=C2CCCC3=O)cc1. The van der Waals surface area contributed by atoms with Crippen LogP contribution in [0.1, 0.15) is 53.0 Å². The van der Waals surface area contributed by atoms with E-state index in [-0.39, 0.29) is 18.2 Å². The minimum atomic E-state index is -0.547. The van der Waals surface area contributed by atoms with Crippen molar-refractivity contribution in [3.05, 3.63) is 117 Å². The van der Waals surface area contributed by atoms with Crippen molar-refractivity contribution in [1.29, 1.82) is 5.26 Å². The van der Waals surface area contributed by atoms with E-state index in [0.29, 0.717) is 35.6 Å². The van der Waals surface area contributed by atoms with Gasteiger partial charge in [-0.1, -0.05) is 35.4 Å². The second-order valence-corrected chi connectivity index (χ2v) is 10.0. The molecule has 6 heteroatoms. The van der Waals surface area contributed by atoms with Crippen LogP contribution in [0.15, 0.2) is 83.3 Å².